The number of hydrogen-bond donors (Lipinski definition) is 4. The lowest BCUT2D eigenvalue weighted by Gasteiger charge is -2.05. The van der Waals surface area contributed by atoms with Crippen LogP contribution in [0.3, 0.4) is 0 Å². The van der Waals surface area contributed by atoms with E-state index in [1.807, 2.05) is 0 Å². The quantitative estimate of drug-likeness (QED) is 0.290. The highest BCUT2D eigenvalue weighted by atomic mass is 16.2. The van der Waals surface area contributed by atoms with E-state index in [0.29, 0.717) is 11.6 Å². The van der Waals surface area contributed by atoms with Gasteiger partial charge in [-0.15, -0.1) is 0 Å². The van der Waals surface area contributed by atoms with Crippen molar-refractivity contribution in [2.45, 2.75) is 12.8 Å². The molecule has 0 spiro atoms. The summed E-state index contributed by atoms with van der Waals surface area (Å²) in [6, 6.07) is 0. The van der Waals surface area contributed by atoms with E-state index in [2.05, 4.69) is 20.7 Å². The zero-order chi connectivity index (χ0) is 10.2. The average Bonchev–Trinajstić information content (AvgIpc) is 2.25. The molecule has 0 atom stereocenters. The molecule has 6 nitrogen and oxygen atoms in total. The van der Waals surface area contributed by atoms with Crippen molar-refractivity contribution >= 4 is 11.6 Å². The molecule has 0 aliphatic heterocycles. The van der Waals surface area contributed by atoms with Gasteiger partial charge in [-0.2, -0.15) is 0 Å². The normalized spacial score (nSPS) is 9.86. The Kier molecular flexibility index (Phi) is 4.66. The molecule has 0 radical (unpaired) electrons. The van der Waals surface area contributed by atoms with Crippen LogP contribution in [0.15, 0.2) is 12.4 Å². The maximum atomic E-state index is 8.56. The number of nitrogens with one attached hydrogen (secondary N) is 2. The van der Waals surface area contributed by atoms with E-state index in [9.17, 15) is 0 Å². The van der Waals surface area contributed by atoms with Crippen LogP contribution in [0.5, 0.6) is 0 Å². The number of unbranched alkanes of at least 4 members (excludes halogenated alkanes) is 1. The molecular weight excluding hydrogens is 182 g/mol. The number of aliphatic hydroxyl groups excluding tert-OH is 1. The van der Waals surface area contributed by atoms with Crippen molar-refractivity contribution in [3.05, 3.63) is 12.4 Å². The number of nitrogens with zero attached hydrogens (tertiary/aromatic N) is 2. The minimum atomic E-state index is 0.220. The number of hydrazine groups is 1. The van der Waals surface area contributed by atoms with E-state index in [0.717, 1.165) is 19.4 Å². The minimum absolute atomic E-state index is 0.220. The molecule has 78 valence electrons. The number of hydrogen-bond acceptors (Lipinski definition) is 6. The second-order valence-electron chi connectivity index (χ2n) is 2.79. The fourth-order valence-corrected chi connectivity index (χ4v) is 0.974. The molecule has 0 saturated heterocycles. The Bertz CT molecular complexity index is 268. The van der Waals surface area contributed by atoms with Gasteiger partial charge in [-0.3, -0.25) is 4.98 Å². The third-order valence-electron chi connectivity index (χ3n) is 1.67. The van der Waals surface area contributed by atoms with Crippen LogP contribution < -0.4 is 16.6 Å². The molecule has 0 bridgehead atoms. The van der Waals surface area contributed by atoms with Gasteiger partial charge in [-0.25, -0.2) is 10.8 Å². The molecule has 5 N–H and O–H groups in total. The van der Waals surface area contributed by atoms with Gasteiger partial charge in [0.25, 0.3) is 0 Å². The molecule has 0 aromatic carbocycles. The van der Waals surface area contributed by atoms with Gasteiger partial charge in [-0.05, 0) is 12.8 Å². The van der Waals surface area contributed by atoms with Crippen LogP contribution in [0.25, 0.3) is 0 Å². The molecule has 6 heteroatoms. The van der Waals surface area contributed by atoms with E-state index in [-0.39, 0.29) is 6.61 Å². The molecule has 1 heterocycles. The van der Waals surface area contributed by atoms with Crippen LogP contribution in [0.4, 0.5) is 11.6 Å². The van der Waals surface area contributed by atoms with Crippen molar-refractivity contribution in [1.82, 2.24) is 9.97 Å². The predicted octanol–water partition coefficient (Wildman–Crippen LogP) is -0.0534. The van der Waals surface area contributed by atoms with Gasteiger partial charge in [0.15, 0.2) is 5.82 Å². The fourth-order valence-electron chi connectivity index (χ4n) is 0.974. The summed E-state index contributed by atoms with van der Waals surface area (Å²) in [6.07, 6.45) is 4.85. The Hall–Kier alpha value is -1.40. The number of rotatable bonds is 6. The Morgan fingerprint density at radius 3 is 2.79 bits per heavy atom. The molecule has 0 aliphatic rings. The smallest absolute Gasteiger partial charge is 0.160 e. The van der Waals surface area contributed by atoms with Crippen LogP contribution >= 0.6 is 0 Å². The highest BCUT2D eigenvalue weighted by Gasteiger charge is 1.95. The number of nitrogen functional groups attached to an aromatic ring is 1. The van der Waals surface area contributed by atoms with E-state index in [1.165, 1.54) is 0 Å². The van der Waals surface area contributed by atoms with Crippen LogP contribution in [-0.4, -0.2) is 28.2 Å². The number of aliphatic hydroxyl groups is 1. The summed E-state index contributed by atoms with van der Waals surface area (Å²) in [5.74, 6) is 6.39. The standard InChI is InChI=1S/C8H15N5O/c9-13-8-6-10-5-7(12-8)11-3-1-2-4-14/h5-6,14H,1-4,9H2,(H2,11,12,13). The summed E-state index contributed by atoms with van der Waals surface area (Å²) in [6.45, 7) is 0.987. The number of nitrogens with two attached hydrogens (primary N) is 1. The highest BCUT2D eigenvalue weighted by molar-refractivity contribution is 5.40. The Morgan fingerprint density at radius 1 is 1.29 bits per heavy atom. The number of aromatic nitrogens is 2. The van der Waals surface area contributed by atoms with E-state index < -0.39 is 0 Å². The van der Waals surface area contributed by atoms with Crippen LogP contribution in [0, 0.1) is 0 Å². The molecule has 0 amide bonds. The zero-order valence-electron chi connectivity index (χ0n) is 7.90. The lowest BCUT2D eigenvalue weighted by atomic mass is 10.3. The summed E-state index contributed by atoms with van der Waals surface area (Å²) in [5.41, 5.74) is 2.42. The van der Waals surface area contributed by atoms with Gasteiger partial charge in [0.1, 0.15) is 5.82 Å². The van der Waals surface area contributed by atoms with Gasteiger partial charge < -0.3 is 15.8 Å². The maximum absolute atomic E-state index is 8.56. The first-order valence-corrected chi connectivity index (χ1v) is 4.50. The summed E-state index contributed by atoms with van der Waals surface area (Å²) in [7, 11) is 0. The third kappa shape index (κ3) is 3.55. The maximum Gasteiger partial charge on any atom is 0.160 e. The van der Waals surface area contributed by atoms with Gasteiger partial charge >= 0.3 is 0 Å². The zero-order valence-corrected chi connectivity index (χ0v) is 7.90. The lowest BCUT2D eigenvalue weighted by molar-refractivity contribution is 0.286. The molecule has 1 rings (SSSR count). The molecular formula is C8H15N5O. The summed E-state index contributed by atoms with van der Waals surface area (Å²) in [5, 5.41) is 11.6. The van der Waals surface area contributed by atoms with E-state index in [4.69, 9.17) is 10.9 Å². The van der Waals surface area contributed by atoms with Gasteiger partial charge in [-0.1, -0.05) is 0 Å². The molecule has 0 aliphatic carbocycles. The van der Waals surface area contributed by atoms with Crippen molar-refractivity contribution < 1.29 is 5.11 Å². The van der Waals surface area contributed by atoms with Crippen molar-refractivity contribution in [1.29, 1.82) is 0 Å². The van der Waals surface area contributed by atoms with Gasteiger partial charge in [0, 0.05) is 13.2 Å². The Labute approximate surface area is 82.5 Å². The van der Waals surface area contributed by atoms with Gasteiger partial charge in [0.05, 0.1) is 12.4 Å². The van der Waals surface area contributed by atoms with Crippen molar-refractivity contribution in [3.8, 4) is 0 Å². The molecule has 1 aromatic rings. The lowest BCUT2D eigenvalue weighted by Crippen LogP contribution is -2.11. The predicted molar refractivity (Wildman–Crippen MR) is 54.7 cm³/mol. The van der Waals surface area contributed by atoms with Crippen LogP contribution in [-0.2, 0) is 0 Å². The second-order valence-corrected chi connectivity index (χ2v) is 2.79. The summed E-state index contributed by atoms with van der Waals surface area (Å²) < 4.78 is 0. The first-order valence-electron chi connectivity index (χ1n) is 4.50. The summed E-state index contributed by atoms with van der Waals surface area (Å²) >= 11 is 0. The SMILES string of the molecule is NNc1cncc(NCCCCO)n1. The first kappa shape index (κ1) is 10.7. The largest absolute Gasteiger partial charge is 0.396 e. The molecule has 0 fully saturated rings. The highest BCUT2D eigenvalue weighted by Crippen LogP contribution is 2.04. The third-order valence-corrected chi connectivity index (χ3v) is 1.67. The molecule has 14 heavy (non-hydrogen) atoms. The monoisotopic (exact) mass is 197 g/mol. The number of anilines is 2. The van der Waals surface area contributed by atoms with Crippen LogP contribution in [0.1, 0.15) is 12.8 Å². The van der Waals surface area contributed by atoms with Crippen LogP contribution in [0.2, 0.25) is 0 Å². The molecule has 1 aromatic heterocycles. The summed E-state index contributed by atoms with van der Waals surface area (Å²) in [4.78, 5) is 8.05. The molecule has 0 unspecified atom stereocenters. The first-order chi connectivity index (χ1) is 6.86. The Morgan fingerprint density at radius 2 is 2.07 bits per heavy atom. The minimum Gasteiger partial charge on any atom is -0.396 e. The van der Waals surface area contributed by atoms with Crippen molar-refractivity contribution in [2.75, 3.05) is 23.9 Å². The fraction of sp³-hybridized carbons (Fsp3) is 0.500. The Balaban J connectivity index is 2.34. The average molecular weight is 197 g/mol. The van der Waals surface area contributed by atoms with Crippen molar-refractivity contribution in [2.24, 2.45) is 5.84 Å². The van der Waals surface area contributed by atoms with E-state index >= 15 is 0 Å². The topological polar surface area (TPSA) is 96.1 Å². The van der Waals surface area contributed by atoms with Gasteiger partial charge in [0.2, 0.25) is 0 Å². The molecule has 0 saturated carbocycles. The van der Waals surface area contributed by atoms with E-state index in [1.54, 1.807) is 12.4 Å². The van der Waals surface area contributed by atoms with Crippen molar-refractivity contribution in [3.63, 3.8) is 0 Å². The second kappa shape index (κ2) is 6.11.